The summed E-state index contributed by atoms with van der Waals surface area (Å²) >= 11 is 0. The summed E-state index contributed by atoms with van der Waals surface area (Å²) in [6.07, 6.45) is 10.1. The maximum atomic E-state index is 5.36. The van der Waals surface area contributed by atoms with Crippen molar-refractivity contribution in [2.45, 2.75) is 38.6 Å². The largest absolute Gasteiger partial charge is 0.497 e. The summed E-state index contributed by atoms with van der Waals surface area (Å²) in [4.78, 5) is 11.6. The van der Waals surface area contributed by atoms with Crippen LogP contribution in [0, 0.1) is 0 Å². The predicted octanol–water partition coefficient (Wildman–Crippen LogP) is 3.75. The highest BCUT2D eigenvalue weighted by molar-refractivity contribution is 14.0. The second kappa shape index (κ2) is 10.8. The molecule has 162 valence electrons. The number of hydrogen-bond donors (Lipinski definition) is 1. The molecule has 0 aliphatic carbocycles. The maximum absolute atomic E-state index is 5.36. The number of hydrogen-bond acceptors (Lipinski definition) is 3. The number of ether oxygens (including phenoxy) is 1. The molecule has 0 saturated carbocycles. The Morgan fingerprint density at radius 2 is 2.13 bits per heavy atom. The van der Waals surface area contributed by atoms with Crippen molar-refractivity contribution in [3.05, 3.63) is 53.6 Å². The average Bonchev–Trinajstić information content (AvgIpc) is 3.20. The van der Waals surface area contributed by atoms with Crippen molar-refractivity contribution >= 4 is 35.5 Å². The van der Waals surface area contributed by atoms with E-state index in [-0.39, 0.29) is 24.0 Å². The molecule has 1 aromatic heterocycles. The van der Waals surface area contributed by atoms with Gasteiger partial charge in [0.15, 0.2) is 5.96 Å². The van der Waals surface area contributed by atoms with Gasteiger partial charge in [-0.15, -0.1) is 24.0 Å². The van der Waals surface area contributed by atoms with Crippen molar-refractivity contribution in [1.82, 2.24) is 19.8 Å². The minimum Gasteiger partial charge on any atom is -0.497 e. The number of methoxy groups -OCH3 is 1. The smallest absolute Gasteiger partial charge is 0.193 e. The number of fused-ring (bicyclic) bond motifs is 1. The zero-order valence-electron chi connectivity index (χ0n) is 17.9. The number of rotatable bonds is 5. The summed E-state index contributed by atoms with van der Waals surface area (Å²) in [5.41, 5.74) is 3.80. The molecule has 0 fully saturated rings. The van der Waals surface area contributed by atoms with Crippen LogP contribution in [0.5, 0.6) is 5.75 Å². The highest BCUT2D eigenvalue weighted by Crippen LogP contribution is 2.25. The fourth-order valence-electron chi connectivity index (χ4n) is 4.17. The second-order valence-electron chi connectivity index (χ2n) is 7.68. The third kappa shape index (κ3) is 5.36. The Morgan fingerprint density at radius 1 is 1.23 bits per heavy atom. The molecule has 2 aliphatic rings. The van der Waals surface area contributed by atoms with Crippen molar-refractivity contribution in [1.29, 1.82) is 0 Å². The van der Waals surface area contributed by atoms with Gasteiger partial charge >= 0.3 is 0 Å². The van der Waals surface area contributed by atoms with E-state index in [2.05, 4.69) is 50.2 Å². The van der Waals surface area contributed by atoms with Crippen molar-refractivity contribution < 1.29 is 4.74 Å². The molecule has 0 amide bonds. The van der Waals surface area contributed by atoms with Gasteiger partial charge in [-0.1, -0.05) is 18.2 Å². The summed E-state index contributed by atoms with van der Waals surface area (Å²) in [6.45, 7) is 3.80. The minimum absolute atomic E-state index is 0. The molecule has 30 heavy (non-hydrogen) atoms. The fraction of sp³-hybridized carbons (Fsp3) is 0.478. The first kappa shape index (κ1) is 22.7. The van der Waals surface area contributed by atoms with Gasteiger partial charge in [-0.3, -0.25) is 4.99 Å². The molecule has 6 nitrogen and oxygen atoms in total. The van der Waals surface area contributed by atoms with Crippen LogP contribution in [-0.4, -0.2) is 54.2 Å². The van der Waals surface area contributed by atoms with Crippen LogP contribution in [0.3, 0.4) is 0 Å². The molecule has 0 spiro atoms. The lowest BCUT2D eigenvalue weighted by molar-refractivity contribution is 0.414. The summed E-state index contributed by atoms with van der Waals surface area (Å²) in [6, 6.07) is 8.30. The number of benzene rings is 1. The molecular weight excluding hydrogens is 489 g/mol. The fourth-order valence-corrected chi connectivity index (χ4v) is 4.17. The first-order valence-corrected chi connectivity index (χ1v) is 10.6. The molecule has 0 saturated heterocycles. The van der Waals surface area contributed by atoms with Gasteiger partial charge in [0.25, 0.3) is 0 Å². The molecular formula is C23H32IN5O. The van der Waals surface area contributed by atoms with Crippen LogP contribution in [0.15, 0.2) is 41.5 Å². The monoisotopic (exact) mass is 521 g/mol. The number of aromatic nitrogens is 2. The van der Waals surface area contributed by atoms with E-state index in [0.29, 0.717) is 0 Å². The van der Waals surface area contributed by atoms with Crippen molar-refractivity contribution in [3.8, 4) is 5.75 Å². The topological polar surface area (TPSA) is 54.7 Å². The van der Waals surface area contributed by atoms with Crippen LogP contribution >= 0.6 is 24.0 Å². The predicted molar refractivity (Wildman–Crippen MR) is 133 cm³/mol. The Labute approximate surface area is 196 Å². The number of halogens is 1. The van der Waals surface area contributed by atoms with Gasteiger partial charge in [0.05, 0.1) is 12.8 Å². The summed E-state index contributed by atoms with van der Waals surface area (Å²) < 4.78 is 7.68. The van der Waals surface area contributed by atoms with Crippen LogP contribution in [-0.2, 0) is 19.4 Å². The van der Waals surface area contributed by atoms with E-state index in [1.54, 1.807) is 7.11 Å². The van der Waals surface area contributed by atoms with Gasteiger partial charge in [-0.25, -0.2) is 4.98 Å². The molecule has 1 N–H and O–H groups in total. The standard InChI is InChI=1S/C23H31N5O.HI/c1-24-23(25-12-9-20-17-28-13-4-3-8-22(28)26-20)27-14-10-18(11-15-27)19-6-5-7-21(16-19)29-2;/h5-7,10,16-17H,3-4,8-9,11-15H2,1-2H3,(H,24,25);1H. The highest BCUT2D eigenvalue weighted by Gasteiger charge is 2.17. The summed E-state index contributed by atoms with van der Waals surface area (Å²) in [5.74, 6) is 3.13. The molecule has 7 heteroatoms. The Balaban J connectivity index is 0.00000256. The molecule has 0 unspecified atom stereocenters. The van der Waals surface area contributed by atoms with Gasteiger partial charge in [-0.05, 0) is 42.5 Å². The quantitative estimate of drug-likeness (QED) is 0.370. The first-order chi connectivity index (χ1) is 14.3. The van der Waals surface area contributed by atoms with Gasteiger partial charge in [0, 0.05) is 52.3 Å². The van der Waals surface area contributed by atoms with Crippen LogP contribution in [0.1, 0.15) is 36.3 Å². The number of imidazole rings is 1. The first-order valence-electron chi connectivity index (χ1n) is 10.6. The molecule has 2 aromatic rings. The lowest BCUT2D eigenvalue weighted by Gasteiger charge is -2.29. The van der Waals surface area contributed by atoms with E-state index in [1.807, 2.05) is 13.1 Å². The highest BCUT2D eigenvalue weighted by atomic mass is 127. The van der Waals surface area contributed by atoms with Gasteiger partial charge in [0.2, 0.25) is 0 Å². The number of guanidine groups is 1. The molecule has 0 bridgehead atoms. The Kier molecular flexibility index (Phi) is 8.18. The van der Waals surface area contributed by atoms with Crippen LogP contribution in [0.4, 0.5) is 0 Å². The van der Waals surface area contributed by atoms with Crippen molar-refractivity contribution in [3.63, 3.8) is 0 Å². The third-order valence-corrected chi connectivity index (χ3v) is 5.78. The molecule has 1 aromatic carbocycles. The van der Waals surface area contributed by atoms with E-state index in [9.17, 15) is 0 Å². The Morgan fingerprint density at radius 3 is 2.87 bits per heavy atom. The summed E-state index contributed by atoms with van der Waals surface area (Å²) in [7, 11) is 3.57. The number of nitrogens with one attached hydrogen (secondary N) is 1. The normalized spacial score (nSPS) is 16.4. The molecule has 0 atom stereocenters. The van der Waals surface area contributed by atoms with Crippen LogP contribution < -0.4 is 10.1 Å². The molecule has 3 heterocycles. The number of nitrogens with zero attached hydrogens (tertiary/aromatic N) is 4. The SMILES string of the molecule is CN=C(NCCc1cn2c(n1)CCCC2)N1CC=C(c2cccc(OC)c2)CC1.I. The summed E-state index contributed by atoms with van der Waals surface area (Å²) in [5, 5.41) is 3.52. The zero-order valence-corrected chi connectivity index (χ0v) is 20.3. The van der Waals surface area contributed by atoms with Crippen molar-refractivity contribution in [2.75, 3.05) is 33.8 Å². The number of aliphatic imine (C=N–C) groups is 1. The van der Waals surface area contributed by atoms with Gasteiger partial charge in [-0.2, -0.15) is 0 Å². The average molecular weight is 521 g/mol. The van der Waals surface area contributed by atoms with E-state index < -0.39 is 0 Å². The van der Waals surface area contributed by atoms with Crippen LogP contribution in [0.2, 0.25) is 0 Å². The maximum Gasteiger partial charge on any atom is 0.193 e. The Bertz CT molecular complexity index is 881. The number of aryl methyl sites for hydroxylation is 2. The molecule has 4 rings (SSSR count). The van der Waals surface area contributed by atoms with E-state index in [0.717, 1.165) is 57.2 Å². The minimum atomic E-state index is 0. The van der Waals surface area contributed by atoms with Crippen molar-refractivity contribution in [2.24, 2.45) is 4.99 Å². The Hall–Kier alpha value is -2.03. The lowest BCUT2D eigenvalue weighted by atomic mass is 9.99. The lowest BCUT2D eigenvalue weighted by Crippen LogP contribution is -2.44. The second-order valence-corrected chi connectivity index (χ2v) is 7.68. The third-order valence-electron chi connectivity index (χ3n) is 5.78. The van der Waals surface area contributed by atoms with E-state index in [1.165, 1.54) is 35.5 Å². The van der Waals surface area contributed by atoms with Gasteiger partial charge < -0.3 is 19.5 Å². The van der Waals surface area contributed by atoms with Gasteiger partial charge in [0.1, 0.15) is 11.6 Å². The molecule has 2 aliphatic heterocycles. The van der Waals surface area contributed by atoms with Crippen LogP contribution in [0.25, 0.3) is 5.57 Å². The van der Waals surface area contributed by atoms with E-state index in [4.69, 9.17) is 9.72 Å². The molecule has 0 radical (unpaired) electrons. The zero-order chi connectivity index (χ0) is 20.1. The van der Waals surface area contributed by atoms with E-state index >= 15 is 0 Å².